The first kappa shape index (κ1) is 22.1. The number of anilines is 1. The third kappa shape index (κ3) is 5.32. The van der Waals surface area contributed by atoms with Crippen LogP contribution >= 0.6 is 0 Å². The van der Waals surface area contributed by atoms with E-state index in [1.165, 1.54) is 18.1 Å². The number of hydrogen-bond donors (Lipinski definition) is 1. The average molecular weight is 413 g/mol. The standard InChI is InChI=1S/C25H33FN2O2/c1-5-14-30-22-7-8-23(17(2)15-22)20-10-12-28(13-11-20)25-9-6-21(16-24(25)26)18(3)27-19(4)29/h6-9,15-16,18,20H,5,10-14H2,1-4H3,(H,27,29)/t18-/m0/s1. The third-order valence-electron chi connectivity index (χ3n) is 5.88. The minimum absolute atomic E-state index is 0.116. The largest absolute Gasteiger partial charge is 0.494 e. The van der Waals surface area contributed by atoms with Crippen LogP contribution in [0.5, 0.6) is 5.75 Å². The van der Waals surface area contributed by atoms with Crippen LogP contribution < -0.4 is 15.0 Å². The molecule has 0 bridgehead atoms. The van der Waals surface area contributed by atoms with Crippen LogP contribution in [-0.2, 0) is 4.79 Å². The highest BCUT2D eigenvalue weighted by molar-refractivity contribution is 5.73. The molecule has 1 aliphatic rings. The van der Waals surface area contributed by atoms with E-state index >= 15 is 0 Å². The van der Waals surface area contributed by atoms with E-state index in [4.69, 9.17) is 4.74 Å². The molecule has 2 aromatic carbocycles. The van der Waals surface area contributed by atoms with Crippen LogP contribution in [0.15, 0.2) is 36.4 Å². The molecule has 4 nitrogen and oxygen atoms in total. The van der Waals surface area contributed by atoms with Gasteiger partial charge in [-0.3, -0.25) is 4.79 Å². The van der Waals surface area contributed by atoms with Crippen molar-refractivity contribution < 1.29 is 13.9 Å². The van der Waals surface area contributed by atoms with Gasteiger partial charge in [-0.1, -0.05) is 19.1 Å². The Labute approximate surface area is 179 Å². The SMILES string of the molecule is CCCOc1ccc(C2CCN(c3ccc([C@H](C)NC(C)=O)cc3F)CC2)c(C)c1. The number of hydrogen-bond acceptors (Lipinski definition) is 3. The first-order valence-corrected chi connectivity index (χ1v) is 10.9. The fourth-order valence-electron chi connectivity index (χ4n) is 4.28. The molecule has 1 aliphatic heterocycles. The maximum atomic E-state index is 14.8. The van der Waals surface area contributed by atoms with Crippen molar-refractivity contribution in [1.82, 2.24) is 5.32 Å². The summed E-state index contributed by atoms with van der Waals surface area (Å²) >= 11 is 0. The molecule has 30 heavy (non-hydrogen) atoms. The highest BCUT2D eigenvalue weighted by Crippen LogP contribution is 2.34. The first-order valence-electron chi connectivity index (χ1n) is 10.9. The van der Waals surface area contributed by atoms with Crippen molar-refractivity contribution in [3.05, 3.63) is 58.9 Å². The molecule has 1 atom stereocenters. The van der Waals surface area contributed by atoms with E-state index in [0.717, 1.165) is 50.3 Å². The van der Waals surface area contributed by atoms with Crippen molar-refractivity contribution in [3.8, 4) is 5.75 Å². The Bertz CT molecular complexity index is 875. The molecular weight excluding hydrogens is 379 g/mol. The highest BCUT2D eigenvalue weighted by Gasteiger charge is 2.24. The normalized spacial score (nSPS) is 15.7. The average Bonchev–Trinajstić information content (AvgIpc) is 2.72. The topological polar surface area (TPSA) is 41.6 Å². The van der Waals surface area contributed by atoms with E-state index in [2.05, 4.69) is 42.3 Å². The van der Waals surface area contributed by atoms with Gasteiger partial charge in [0.05, 0.1) is 18.3 Å². The molecule has 2 aromatic rings. The molecule has 0 aliphatic carbocycles. The number of benzene rings is 2. The van der Waals surface area contributed by atoms with Crippen molar-refractivity contribution >= 4 is 11.6 Å². The summed E-state index contributed by atoms with van der Waals surface area (Å²) in [7, 11) is 0. The van der Waals surface area contributed by atoms with Gasteiger partial charge in [0.25, 0.3) is 0 Å². The monoisotopic (exact) mass is 412 g/mol. The Hall–Kier alpha value is -2.56. The van der Waals surface area contributed by atoms with Crippen LogP contribution in [0, 0.1) is 12.7 Å². The Morgan fingerprint density at radius 2 is 1.97 bits per heavy atom. The smallest absolute Gasteiger partial charge is 0.217 e. The van der Waals surface area contributed by atoms with Crippen molar-refractivity contribution in [3.63, 3.8) is 0 Å². The number of aryl methyl sites for hydroxylation is 1. The van der Waals surface area contributed by atoms with Gasteiger partial charge in [0.15, 0.2) is 0 Å². The number of carbonyl (C=O) groups excluding carboxylic acids is 1. The minimum Gasteiger partial charge on any atom is -0.494 e. The van der Waals surface area contributed by atoms with Crippen LogP contribution in [0.4, 0.5) is 10.1 Å². The van der Waals surface area contributed by atoms with Gasteiger partial charge in [0.2, 0.25) is 5.91 Å². The summed E-state index contributed by atoms with van der Waals surface area (Å²) in [5.74, 6) is 1.08. The van der Waals surface area contributed by atoms with Gasteiger partial charge in [0.1, 0.15) is 11.6 Å². The van der Waals surface area contributed by atoms with E-state index in [0.29, 0.717) is 11.6 Å². The summed E-state index contributed by atoms with van der Waals surface area (Å²) in [6, 6.07) is 11.5. The van der Waals surface area contributed by atoms with Gasteiger partial charge in [-0.05, 0) is 80.0 Å². The second-order valence-corrected chi connectivity index (χ2v) is 8.26. The molecule has 0 saturated carbocycles. The molecule has 5 heteroatoms. The molecular formula is C25H33FN2O2. The maximum Gasteiger partial charge on any atom is 0.217 e. The molecule has 1 amide bonds. The fraction of sp³-hybridized carbons (Fsp3) is 0.480. The van der Waals surface area contributed by atoms with Crippen molar-refractivity contribution in [2.24, 2.45) is 0 Å². The molecule has 0 unspecified atom stereocenters. The summed E-state index contributed by atoms with van der Waals surface area (Å²) < 4.78 is 20.5. The Kier molecular flexibility index (Phi) is 7.35. The van der Waals surface area contributed by atoms with Gasteiger partial charge in [0, 0.05) is 20.0 Å². The molecule has 3 rings (SSSR count). The van der Waals surface area contributed by atoms with Gasteiger partial charge in [-0.2, -0.15) is 0 Å². The predicted molar refractivity (Wildman–Crippen MR) is 120 cm³/mol. The number of nitrogens with one attached hydrogen (secondary N) is 1. The number of amides is 1. The zero-order chi connectivity index (χ0) is 21.7. The Morgan fingerprint density at radius 1 is 1.23 bits per heavy atom. The molecule has 1 saturated heterocycles. The lowest BCUT2D eigenvalue weighted by molar-refractivity contribution is -0.119. The number of halogens is 1. The minimum atomic E-state index is -0.225. The zero-order valence-corrected chi connectivity index (χ0v) is 18.5. The summed E-state index contributed by atoms with van der Waals surface area (Å²) in [4.78, 5) is 13.4. The second-order valence-electron chi connectivity index (χ2n) is 8.26. The Morgan fingerprint density at radius 3 is 2.57 bits per heavy atom. The van der Waals surface area contributed by atoms with Gasteiger partial charge < -0.3 is 15.0 Å². The number of nitrogens with zero attached hydrogens (tertiary/aromatic N) is 1. The maximum absolute atomic E-state index is 14.8. The van der Waals surface area contributed by atoms with Crippen molar-refractivity contribution in [2.75, 3.05) is 24.6 Å². The molecule has 0 radical (unpaired) electrons. The van der Waals surface area contributed by atoms with E-state index in [-0.39, 0.29) is 17.8 Å². The summed E-state index contributed by atoms with van der Waals surface area (Å²) in [6.45, 7) is 9.99. The summed E-state index contributed by atoms with van der Waals surface area (Å²) in [6.07, 6.45) is 3.00. The first-order chi connectivity index (χ1) is 14.4. The lowest BCUT2D eigenvalue weighted by Gasteiger charge is -2.34. The number of rotatable bonds is 7. The van der Waals surface area contributed by atoms with Crippen LogP contribution in [-0.4, -0.2) is 25.6 Å². The zero-order valence-electron chi connectivity index (χ0n) is 18.5. The van der Waals surface area contributed by atoms with Crippen LogP contribution in [0.3, 0.4) is 0 Å². The fourth-order valence-corrected chi connectivity index (χ4v) is 4.28. The lowest BCUT2D eigenvalue weighted by atomic mass is 9.86. The van der Waals surface area contributed by atoms with Crippen LogP contribution in [0.1, 0.15) is 68.7 Å². The molecule has 0 spiro atoms. The van der Waals surface area contributed by atoms with E-state index in [9.17, 15) is 9.18 Å². The van der Waals surface area contributed by atoms with E-state index < -0.39 is 0 Å². The molecule has 1 fully saturated rings. The number of carbonyl (C=O) groups is 1. The highest BCUT2D eigenvalue weighted by atomic mass is 19.1. The number of ether oxygens (including phenoxy) is 1. The van der Waals surface area contributed by atoms with Crippen LogP contribution in [0.2, 0.25) is 0 Å². The number of piperidine rings is 1. The summed E-state index contributed by atoms with van der Waals surface area (Å²) in [5.41, 5.74) is 4.07. The van der Waals surface area contributed by atoms with Gasteiger partial charge in [-0.25, -0.2) is 4.39 Å². The van der Waals surface area contributed by atoms with Crippen LogP contribution in [0.25, 0.3) is 0 Å². The summed E-state index contributed by atoms with van der Waals surface area (Å²) in [5, 5.41) is 2.80. The predicted octanol–water partition coefficient (Wildman–Crippen LogP) is 5.50. The second kappa shape index (κ2) is 9.96. The van der Waals surface area contributed by atoms with Gasteiger partial charge in [-0.15, -0.1) is 0 Å². The third-order valence-corrected chi connectivity index (χ3v) is 5.88. The molecule has 1 heterocycles. The quantitative estimate of drug-likeness (QED) is 0.652. The van der Waals surface area contributed by atoms with E-state index in [1.54, 1.807) is 6.07 Å². The van der Waals surface area contributed by atoms with E-state index in [1.807, 2.05) is 19.1 Å². The molecule has 1 N–H and O–H groups in total. The van der Waals surface area contributed by atoms with Crippen molar-refractivity contribution in [2.45, 2.75) is 58.9 Å². The molecule has 162 valence electrons. The van der Waals surface area contributed by atoms with Crippen molar-refractivity contribution in [1.29, 1.82) is 0 Å². The van der Waals surface area contributed by atoms with Gasteiger partial charge >= 0.3 is 0 Å². The lowest BCUT2D eigenvalue weighted by Crippen LogP contribution is -2.33. The molecule has 0 aromatic heterocycles. The Balaban J connectivity index is 1.63.